The van der Waals surface area contributed by atoms with Gasteiger partial charge in [0.05, 0.1) is 5.92 Å². The summed E-state index contributed by atoms with van der Waals surface area (Å²) in [5.41, 5.74) is 2.35. The Morgan fingerprint density at radius 2 is 2.00 bits per heavy atom. The molecule has 22 heavy (non-hydrogen) atoms. The SMILES string of the molecule is C[C@@]12CCC[C@H]1[C@@H]1CCC3=CC(C(=O)S)C=C[C@]3(C)[C@H]1CC2. The zero-order valence-electron chi connectivity index (χ0n) is 13.8. The molecule has 4 aliphatic carbocycles. The van der Waals surface area contributed by atoms with Gasteiger partial charge in [0.2, 0.25) is 0 Å². The van der Waals surface area contributed by atoms with Gasteiger partial charge in [-0.2, -0.15) is 0 Å². The summed E-state index contributed by atoms with van der Waals surface area (Å²) in [6.07, 6.45) is 16.4. The molecule has 120 valence electrons. The smallest absolute Gasteiger partial charge is 0.196 e. The van der Waals surface area contributed by atoms with E-state index in [9.17, 15) is 4.79 Å². The molecule has 4 rings (SSSR count). The first-order valence-electron chi connectivity index (χ1n) is 9.07. The van der Waals surface area contributed by atoms with Crippen LogP contribution in [0.4, 0.5) is 0 Å². The predicted molar refractivity (Wildman–Crippen MR) is 93.7 cm³/mol. The molecule has 0 N–H and O–H groups in total. The number of hydrogen-bond acceptors (Lipinski definition) is 1. The van der Waals surface area contributed by atoms with Crippen molar-refractivity contribution >= 4 is 17.7 Å². The Balaban J connectivity index is 1.66. The van der Waals surface area contributed by atoms with E-state index < -0.39 is 0 Å². The summed E-state index contributed by atoms with van der Waals surface area (Å²) >= 11 is 4.04. The maximum absolute atomic E-state index is 11.6. The average Bonchev–Trinajstić information content (AvgIpc) is 2.88. The van der Waals surface area contributed by atoms with E-state index in [4.69, 9.17) is 0 Å². The Bertz CT molecular complexity index is 562. The fourth-order valence-electron chi connectivity index (χ4n) is 6.48. The maximum atomic E-state index is 11.6. The molecule has 0 aromatic carbocycles. The Morgan fingerprint density at radius 3 is 2.77 bits per heavy atom. The average molecular weight is 317 g/mol. The molecule has 0 aromatic rings. The molecule has 0 heterocycles. The Kier molecular flexibility index (Phi) is 3.42. The molecule has 4 aliphatic rings. The lowest BCUT2D eigenvalue weighted by molar-refractivity contribution is -0.112. The second-order valence-corrected chi connectivity index (χ2v) is 9.14. The first-order valence-corrected chi connectivity index (χ1v) is 9.52. The zero-order chi connectivity index (χ0) is 15.5. The van der Waals surface area contributed by atoms with Crippen LogP contribution < -0.4 is 0 Å². The molecule has 2 heteroatoms. The Labute approximate surface area is 140 Å². The second-order valence-electron chi connectivity index (χ2n) is 8.70. The van der Waals surface area contributed by atoms with Crippen molar-refractivity contribution in [3.8, 4) is 0 Å². The summed E-state index contributed by atoms with van der Waals surface area (Å²) in [4.78, 5) is 11.6. The molecule has 0 saturated heterocycles. The number of hydrogen-bond donors (Lipinski definition) is 1. The van der Waals surface area contributed by atoms with Crippen LogP contribution in [0.2, 0.25) is 0 Å². The molecule has 3 fully saturated rings. The highest BCUT2D eigenvalue weighted by Crippen LogP contribution is 2.64. The van der Waals surface area contributed by atoms with Gasteiger partial charge in [0.1, 0.15) is 0 Å². The molecule has 3 saturated carbocycles. The summed E-state index contributed by atoms with van der Waals surface area (Å²) < 4.78 is 0. The van der Waals surface area contributed by atoms with Gasteiger partial charge < -0.3 is 0 Å². The molecule has 1 unspecified atom stereocenters. The van der Waals surface area contributed by atoms with Crippen LogP contribution in [0.1, 0.15) is 58.8 Å². The molecule has 0 aliphatic heterocycles. The van der Waals surface area contributed by atoms with Crippen LogP contribution in [0.3, 0.4) is 0 Å². The number of rotatable bonds is 1. The van der Waals surface area contributed by atoms with Gasteiger partial charge in [-0.3, -0.25) is 4.79 Å². The van der Waals surface area contributed by atoms with E-state index in [0.29, 0.717) is 5.41 Å². The normalized spacial score (nSPS) is 49.9. The summed E-state index contributed by atoms with van der Waals surface area (Å²) in [5, 5.41) is -0.0139. The van der Waals surface area contributed by atoms with E-state index in [-0.39, 0.29) is 16.4 Å². The lowest BCUT2D eigenvalue weighted by Gasteiger charge is -2.56. The lowest BCUT2D eigenvalue weighted by Crippen LogP contribution is -2.48. The van der Waals surface area contributed by atoms with Gasteiger partial charge in [-0.05, 0) is 61.7 Å². The fraction of sp³-hybridized carbons (Fsp3) is 0.750. The second kappa shape index (κ2) is 5.00. The first kappa shape index (κ1) is 15.1. The molecular formula is C20H28OS. The van der Waals surface area contributed by atoms with Gasteiger partial charge >= 0.3 is 0 Å². The highest BCUT2D eigenvalue weighted by Gasteiger charge is 2.55. The molecule has 0 radical (unpaired) electrons. The van der Waals surface area contributed by atoms with Crippen molar-refractivity contribution in [2.75, 3.05) is 0 Å². The van der Waals surface area contributed by atoms with E-state index in [1.54, 1.807) is 0 Å². The van der Waals surface area contributed by atoms with Crippen LogP contribution in [0.25, 0.3) is 0 Å². The summed E-state index contributed by atoms with van der Waals surface area (Å²) in [5.74, 6) is 2.54. The van der Waals surface area contributed by atoms with Crippen LogP contribution in [0.5, 0.6) is 0 Å². The largest absolute Gasteiger partial charge is 0.286 e. The van der Waals surface area contributed by atoms with Crippen molar-refractivity contribution in [2.45, 2.75) is 58.8 Å². The standard InChI is InChI=1S/C20H28OS/c1-19-9-3-4-16(19)15-6-5-14-12-13(18(21)22)7-11-20(14,2)17(15)8-10-19/h7,11-13,15-17H,3-6,8-10H2,1-2H3,(H,21,22)/t13?,15-,16-,17-,19-,20-/m0/s1. The molecule has 0 bridgehead atoms. The third-order valence-electron chi connectivity index (χ3n) is 7.74. The maximum Gasteiger partial charge on any atom is 0.196 e. The van der Waals surface area contributed by atoms with Crippen LogP contribution in [-0.2, 0) is 4.79 Å². The van der Waals surface area contributed by atoms with E-state index in [2.05, 4.69) is 44.7 Å². The lowest BCUT2D eigenvalue weighted by atomic mass is 9.48. The Morgan fingerprint density at radius 1 is 1.18 bits per heavy atom. The van der Waals surface area contributed by atoms with Crippen molar-refractivity contribution in [1.29, 1.82) is 0 Å². The van der Waals surface area contributed by atoms with E-state index in [1.807, 2.05) is 0 Å². The van der Waals surface area contributed by atoms with Crippen molar-refractivity contribution in [3.63, 3.8) is 0 Å². The van der Waals surface area contributed by atoms with E-state index >= 15 is 0 Å². The van der Waals surface area contributed by atoms with Crippen molar-refractivity contribution < 1.29 is 4.79 Å². The van der Waals surface area contributed by atoms with Crippen LogP contribution in [0, 0.1) is 34.5 Å². The quantitative estimate of drug-likeness (QED) is 0.520. The van der Waals surface area contributed by atoms with Gasteiger partial charge in [0, 0.05) is 5.41 Å². The third kappa shape index (κ3) is 2.02. The number of carbonyl (C=O) groups excluding carboxylic acids is 1. The molecular weight excluding hydrogens is 288 g/mol. The summed E-state index contributed by atoms with van der Waals surface area (Å²) in [7, 11) is 0. The monoisotopic (exact) mass is 316 g/mol. The molecule has 0 spiro atoms. The van der Waals surface area contributed by atoms with Gasteiger partial charge in [0.25, 0.3) is 0 Å². The minimum atomic E-state index is -0.0942. The zero-order valence-corrected chi connectivity index (χ0v) is 14.7. The highest BCUT2D eigenvalue weighted by atomic mass is 32.1. The van der Waals surface area contributed by atoms with E-state index in [1.165, 1.54) is 50.5 Å². The number of carbonyl (C=O) groups is 1. The topological polar surface area (TPSA) is 17.1 Å². The van der Waals surface area contributed by atoms with Crippen molar-refractivity contribution in [2.24, 2.45) is 34.5 Å². The van der Waals surface area contributed by atoms with Gasteiger partial charge in [0.15, 0.2) is 5.12 Å². The van der Waals surface area contributed by atoms with Crippen LogP contribution in [-0.4, -0.2) is 5.12 Å². The van der Waals surface area contributed by atoms with E-state index in [0.717, 1.165) is 17.8 Å². The van der Waals surface area contributed by atoms with Crippen LogP contribution in [0.15, 0.2) is 23.8 Å². The fourth-order valence-corrected chi connectivity index (χ4v) is 6.64. The van der Waals surface area contributed by atoms with Gasteiger partial charge in [-0.25, -0.2) is 0 Å². The summed E-state index contributed by atoms with van der Waals surface area (Å²) in [6, 6.07) is 0. The van der Waals surface area contributed by atoms with Gasteiger partial charge in [-0.1, -0.05) is 44.1 Å². The third-order valence-corrected chi connectivity index (χ3v) is 8.04. The number of allylic oxidation sites excluding steroid dienone is 4. The molecule has 1 nitrogen and oxygen atoms in total. The highest BCUT2D eigenvalue weighted by molar-refractivity contribution is 7.96. The molecule has 0 aromatic heterocycles. The number of fused-ring (bicyclic) bond motifs is 5. The van der Waals surface area contributed by atoms with Crippen molar-refractivity contribution in [3.05, 3.63) is 23.8 Å². The Hall–Kier alpha value is -0.500. The van der Waals surface area contributed by atoms with Crippen LogP contribution >= 0.6 is 12.6 Å². The van der Waals surface area contributed by atoms with Crippen molar-refractivity contribution in [1.82, 2.24) is 0 Å². The van der Waals surface area contributed by atoms with Gasteiger partial charge in [-0.15, -0.1) is 12.6 Å². The minimum absolute atomic E-state index is 0.0139. The number of thiol groups is 1. The summed E-state index contributed by atoms with van der Waals surface area (Å²) in [6.45, 7) is 4.99. The first-order chi connectivity index (χ1) is 10.4. The minimum Gasteiger partial charge on any atom is -0.286 e. The molecule has 6 atom stereocenters. The molecule has 0 amide bonds. The predicted octanol–water partition coefficient (Wildman–Crippen LogP) is 5.19.